The highest BCUT2D eigenvalue weighted by Crippen LogP contribution is 2.25. The normalized spacial score (nSPS) is 14.8. The van der Waals surface area contributed by atoms with E-state index in [4.69, 9.17) is 14.0 Å². The molecule has 9 heteroatoms. The summed E-state index contributed by atoms with van der Waals surface area (Å²) in [5, 5.41) is 3.92. The molecule has 1 saturated heterocycles. The van der Waals surface area contributed by atoms with Gasteiger partial charge in [0.2, 0.25) is 5.95 Å². The highest BCUT2D eigenvalue weighted by Gasteiger charge is 2.24. The number of aryl methyl sites for hydroxylation is 1. The Balaban J connectivity index is 2.07. The van der Waals surface area contributed by atoms with Crippen LogP contribution in [0, 0.1) is 6.92 Å². The summed E-state index contributed by atoms with van der Waals surface area (Å²) >= 11 is 0. The van der Waals surface area contributed by atoms with Gasteiger partial charge >= 0.3 is 6.01 Å². The summed E-state index contributed by atoms with van der Waals surface area (Å²) < 4.78 is 15.6. The van der Waals surface area contributed by atoms with Crippen molar-refractivity contribution in [2.75, 3.05) is 38.3 Å². The molecule has 2 aromatic heterocycles. The summed E-state index contributed by atoms with van der Waals surface area (Å²) in [7, 11) is 1.47. The van der Waals surface area contributed by atoms with Crippen molar-refractivity contribution in [2.45, 2.75) is 13.8 Å². The van der Waals surface area contributed by atoms with Gasteiger partial charge in [0.1, 0.15) is 5.76 Å². The van der Waals surface area contributed by atoms with E-state index in [9.17, 15) is 4.79 Å². The number of nitrogens with zero attached hydrogens (tertiary/aromatic N) is 5. The predicted molar refractivity (Wildman–Crippen MR) is 79.6 cm³/mol. The lowest BCUT2D eigenvalue weighted by atomic mass is 10.1. The van der Waals surface area contributed by atoms with E-state index < -0.39 is 0 Å². The van der Waals surface area contributed by atoms with Crippen molar-refractivity contribution in [1.29, 1.82) is 0 Å². The van der Waals surface area contributed by atoms with Crippen molar-refractivity contribution in [3.63, 3.8) is 0 Å². The van der Waals surface area contributed by atoms with Gasteiger partial charge in [0, 0.05) is 13.1 Å². The average molecular weight is 319 g/mol. The second kappa shape index (κ2) is 6.29. The van der Waals surface area contributed by atoms with Crippen LogP contribution < -0.4 is 9.64 Å². The van der Waals surface area contributed by atoms with Crippen LogP contribution in [0.2, 0.25) is 0 Å². The highest BCUT2D eigenvalue weighted by molar-refractivity contribution is 6.00. The van der Waals surface area contributed by atoms with Crippen LogP contribution in [-0.2, 0) is 4.74 Å². The molecule has 122 valence electrons. The van der Waals surface area contributed by atoms with Crippen LogP contribution in [0.3, 0.4) is 0 Å². The molecule has 0 aromatic carbocycles. The quantitative estimate of drug-likeness (QED) is 0.759. The van der Waals surface area contributed by atoms with E-state index in [-0.39, 0.29) is 17.6 Å². The lowest BCUT2D eigenvalue weighted by Crippen LogP contribution is -2.37. The number of anilines is 1. The van der Waals surface area contributed by atoms with Crippen molar-refractivity contribution in [1.82, 2.24) is 20.1 Å². The number of methoxy groups -OCH3 is 1. The van der Waals surface area contributed by atoms with E-state index >= 15 is 0 Å². The standard InChI is InChI=1S/C14H17N5O4/c1-8(20)10-9(2)23-18-11(10)12-15-13(17-14(16-12)21-3)19-4-6-22-7-5-19/h4-7H2,1-3H3. The molecule has 0 atom stereocenters. The molecule has 0 N–H and O–H groups in total. The minimum Gasteiger partial charge on any atom is -0.467 e. The van der Waals surface area contributed by atoms with E-state index in [2.05, 4.69) is 20.1 Å². The van der Waals surface area contributed by atoms with Gasteiger partial charge in [-0.15, -0.1) is 0 Å². The van der Waals surface area contributed by atoms with Gasteiger partial charge in [0.25, 0.3) is 0 Å². The summed E-state index contributed by atoms with van der Waals surface area (Å²) in [6, 6.07) is 0.159. The summed E-state index contributed by atoms with van der Waals surface area (Å²) in [6.45, 7) is 5.67. The molecule has 0 bridgehead atoms. The monoisotopic (exact) mass is 319 g/mol. The maximum Gasteiger partial charge on any atom is 0.321 e. The van der Waals surface area contributed by atoms with Crippen LogP contribution in [0.15, 0.2) is 4.52 Å². The topological polar surface area (TPSA) is 103 Å². The van der Waals surface area contributed by atoms with Crippen LogP contribution in [-0.4, -0.2) is 59.3 Å². The Hall–Kier alpha value is -2.55. The third-order valence-electron chi connectivity index (χ3n) is 3.51. The fraction of sp³-hybridized carbons (Fsp3) is 0.500. The molecule has 23 heavy (non-hydrogen) atoms. The number of hydrogen-bond donors (Lipinski definition) is 0. The Morgan fingerprint density at radius 2 is 1.96 bits per heavy atom. The largest absolute Gasteiger partial charge is 0.467 e. The summed E-state index contributed by atoms with van der Waals surface area (Å²) in [5.41, 5.74) is 0.663. The van der Waals surface area contributed by atoms with Crippen molar-refractivity contribution in [3.05, 3.63) is 11.3 Å². The Morgan fingerprint density at radius 1 is 1.22 bits per heavy atom. The van der Waals surface area contributed by atoms with Gasteiger partial charge in [-0.2, -0.15) is 15.0 Å². The number of ketones is 1. The highest BCUT2D eigenvalue weighted by atomic mass is 16.5. The lowest BCUT2D eigenvalue weighted by molar-refractivity contribution is 0.101. The number of Topliss-reactive ketones (excluding diaryl/α,β-unsaturated/α-hetero) is 1. The molecule has 0 aliphatic carbocycles. The molecule has 0 unspecified atom stereocenters. The maximum absolute atomic E-state index is 11.8. The number of carbonyl (C=O) groups excluding carboxylic acids is 1. The van der Waals surface area contributed by atoms with Crippen molar-refractivity contribution < 1.29 is 18.8 Å². The molecule has 1 aliphatic rings. The van der Waals surface area contributed by atoms with E-state index in [1.54, 1.807) is 6.92 Å². The third kappa shape index (κ3) is 3.00. The number of rotatable bonds is 4. The first-order chi connectivity index (χ1) is 11.1. The van der Waals surface area contributed by atoms with E-state index in [0.29, 0.717) is 49.3 Å². The van der Waals surface area contributed by atoms with Crippen molar-refractivity contribution in [3.8, 4) is 17.5 Å². The van der Waals surface area contributed by atoms with Crippen LogP contribution in [0.25, 0.3) is 11.5 Å². The minimum atomic E-state index is -0.161. The van der Waals surface area contributed by atoms with Crippen molar-refractivity contribution in [2.24, 2.45) is 0 Å². The van der Waals surface area contributed by atoms with Crippen LogP contribution in [0.4, 0.5) is 5.95 Å². The fourth-order valence-corrected chi connectivity index (χ4v) is 2.39. The van der Waals surface area contributed by atoms with Gasteiger partial charge in [-0.05, 0) is 13.8 Å². The Kier molecular flexibility index (Phi) is 4.20. The van der Waals surface area contributed by atoms with Crippen LogP contribution in [0.1, 0.15) is 23.0 Å². The number of carbonyl (C=O) groups is 1. The Morgan fingerprint density at radius 3 is 2.61 bits per heavy atom. The lowest BCUT2D eigenvalue weighted by Gasteiger charge is -2.26. The fourth-order valence-electron chi connectivity index (χ4n) is 2.39. The van der Waals surface area contributed by atoms with Crippen molar-refractivity contribution >= 4 is 11.7 Å². The molecule has 0 saturated carbocycles. The molecule has 3 rings (SSSR count). The summed E-state index contributed by atoms with van der Waals surface area (Å²) in [6.07, 6.45) is 0. The zero-order chi connectivity index (χ0) is 16.4. The van der Waals surface area contributed by atoms with E-state index in [1.807, 2.05) is 4.90 Å². The summed E-state index contributed by atoms with van der Waals surface area (Å²) in [5.74, 6) is 0.983. The van der Waals surface area contributed by atoms with Crippen LogP contribution in [0.5, 0.6) is 6.01 Å². The molecular weight excluding hydrogens is 302 g/mol. The number of ether oxygens (including phenoxy) is 2. The van der Waals surface area contributed by atoms with Gasteiger partial charge in [0.05, 0.1) is 25.9 Å². The molecule has 3 heterocycles. The smallest absolute Gasteiger partial charge is 0.321 e. The van der Waals surface area contributed by atoms with Gasteiger partial charge in [-0.1, -0.05) is 5.16 Å². The first kappa shape index (κ1) is 15.3. The molecule has 0 amide bonds. The van der Waals surface area contributed by atoms with E-state index in [0.717, 1.165) is 0 Å². The Bertz CT molecular complexity index is 724. The number of aromatic nitrogens is 4. The molecule has 0 spiro atoms. The average Bonchev–Trinajstić information content (AvgIpc) is 2.97. The SMILES string of the molecule is COc1nc(-c2noc(C)c2C(C)=O)nc(N2CCOCC2)n1. The Labute approximate surface area is 132 Å². The number of hydrogen-bond acceptors (Lipinski definition) is 9. The first-order valence-corrected chi connectivity index (χ1v) is 7.20. The predicted octanol–water partition coefficient (Wildman–Crippen LogP) is 0.883. The van der Waals surface area contributed by atoms with Gasteiger partial charge in [-0.3, -0.25) is 4.79 Å². The molecule has 9 nitrogen and oxygen atoms in total. The first-order valence-electron chi connectivity index (χ1n) is 7.20. The molecule has 0 radical (unpaired) electrons. The molecular formula is C14H17N5O4. The molecule has 1 aliphatic heterocycles. The van der Waals surface area contributed by atoms with E-state index in [1.165, 1.54) is 14.0 Å². The number of morpholine rings is 1. The maximum atomic E-state index is 11.8. The van der Waals surface area contributed by atoms with Gasteiger partial charge in [-0.25, -0.2) is 0 Å². The minimum absolute atomic E-state index is 0.159. The third-order valence-corrected chi connectivity index (χ3v) is 3.51. The second-order valence-corrected chi connectivity index (χ2v) is 5.06. The van der Waals surface area contributed by atoms with Crippen LogP contribution >= 0.6 is 0 Å². The van der Waals surface area contributed by atoms with Gasteiger partial charge in [0.15, 0.2) is 17.3 Å². The van der Waals surface area contributed by atoms with Gasteiger partial charge < -0.3 is 18.9 Å². The second-order valence-electron chi connectivity index (χ2n) is 5.06. The molecule has 1 fully saturated rings. The zero-order valence-electron chi connectivity index (χ0n) is 13.2. The molecule has 2 aromatic rings. The zero-order valence-corrected chi connectivity index (χ0v) is 13.2. The summed E-state index contributed by atoms with van der Waals surface area (Å²) in [4.78, 5) is 26.7.